The second-order valence-electron chi connectivity index (χ2n) is 6.12. The summed E-state index contributed by atoms with van der Waals surface area (Å²) >= 11 is 0.353. The quantitative estimate of drug-likeness (QED) is 0.371. The Kier molecular flexibility index (Phi) is 4.67. The molecular weight excluding hydrogens is 401 g/mol. The molecule has 1 amide bonds. The Labute approximate surface area is 166 Å². The third-order valence-corrected chi connectivity index (χ3v) is 5.40. The van der Waals surface area contributed by atoms with Crippen molar-refractivity contribution in [2.75, 3.05) is 0 Å². The van der Waals surface area contributed by atoms with Crippen molar-refractivity contribution >= 4 is 34.1 Å². The summed E-state index contributed by atoms with van der Waals surface area (Å²) in [6.45, 7) is 0. The Bertz CT molecular complexity index is 1230. The number of carbonyl (C=O) groups is 1. The number of imidazole rings is 1. The SMILES string of the molecule is NC(=NC(=O)c1cc(-c2ccccc2)c(C(F)(F)F)s1)c1cccc2[nH]cnc12. The van der Waals surface area contributed by atoms with Crippen LogP contribution in [0.4, 0.5) is 13.2 Å². The summed E-state index contributed by atoms with van der Waals surface area (Å²) in [6.07, 6.45) is -3.12. The Hall–Kier alpha value is -3.46. The molecule has 0 aliphatic rings. The summed E-state index contributed by atoms with van der Waals surface area (Å²) in [5, 5.41) is 0. The average molecular weight is 414 g/mol. The number of nitrogens with one attached hydrogen (secondary N) is 1. The van der Waals surface area contributed by atoms with Crippen LogP contribution in [-0.2, 0) is 6.18 Å². The number of alkyl halides is 3. The lowest BCUT2D eigenvalue weighted by Crippen LogP contribution is -2.16. The number of aliphatic imine (C=N–C) groups is 1. The number of halogens is 3. The molecular formula is C20H13F3N4OS. The molecule has 0 unspecified atom stereocenters. The Morgan fingerprint density at radius 2 is 1.86 bits per heavy atom. The Morgan fingerprint density at radius 1 is 1.10 bits per heavy atom. The minimum atomic E-state index is -4.59. The van der Waals surface area contributed by atoms with E-state index in [0.717, 1.165) is 0 Å². The fourth-order valence-corrected chi connectivity index (χ4v) is 3.87. The van der Waals surface area contributed by atoms with Gasteiger partial charge in [0, 0.05) is 11.1 Å². The summed E-state index contributed by atoms with van der Waals surface area (Å²) in [5.41, 5.74) is 7.92. The van der Waals surface area contributed by atoms with Gasteiger partial charge in [-0.15, -0.1) is 11.3 Å². The number of para-hydroxylation sites is 1. The highest BCUT2D eigenvalue weighted by Gasteiger charge is 2.37. The van der Waals surface area contributed by atoms with Crippen LogP contribution in [0.3, 0.4) is 0 Å². The topological polar surface area (TPSA) is 84.1 Å². The zero-order valence-electron chi connectivity index (χ0n) is 14.7. The summed E-state index contributed by atoms with van der Waals surface area (Å²) in [6, 6.07) is 14.4. The normalized spacial score (nSPS) is 12.4. The van der Waals surface area contributed by atoms with E-state index in [-0.39, 0.29) is 16.3 Å². The fraction of sp³-hybridized carbons (Fsp3) is 0.0500. The number of carbonyl (C=O) groups excluding carboxylic acids is 1. The minimum absolute atomic E-state index is 0.0605. The van der Waals surface area contributed by atoms with Gasteiger partial charge in [-0.05, 0) is 23.8 Å². The molecule has 4 rings (SSSR count). The van der Waals surface area contributed by atoms with Crippen molar-refractivity contribution in [1.29, 1.82) is 0 Å². The first kappa shape index (κ1) is 18.9. The highest BCUT2D eigenvalue weighted by molar-refractivity contribution is 7.14. The highest BCUT2D eigenvalue weighted by Crippen LogP contribution is 2.43. The molecule has 2 aromatic carbocycles. The van der Waals surface area contributed by atoms with E-state index in [1.54, 1.807) is 48.5 Å². The van der Waals surface area contributed by atoms with Crippen molar-refractivity contribution in [3.05, 3.63) is 76.2 Å². The maximum absolute atomic E-state index is 13.5. The zero-order valence-corrected chi connectivity index (χ0v) is 15.5. The number of rotatable bonds is 3. The van der Waals surface area contributed by atoms with Gasteiger partial charge in [-0.2, -0.15) is 18.2 Å². The van der Waals surface area contributed by atoms with Crippen LogP contribution in [0.5, 0.6) is 0 Å². The smallest absolute Gasteiger partial charge is 0.383 e. The predicted molar refractivity (Wildman–Crippen MR) is 106 cm³/mol. The molecule has 29 heavy (non-hydrogen) atoms. The summed E-state index contributed by atoms with van der Waals surface area (Å²) in [5.74, 6) is -0.955. The van der Waals surface area contributed by atoms with Crippen molar-refractivity contribution < 1.29 is 18.0 Å². The van der Waals surface area contributed by atoms with E-state index in [4.69, 9.17) is 5.73 Å². The lowest BCUT2D eigenvalue weighted by atomic mass is 10.1. The largest absolute Gasteiger partial charge is 0.426 e. The molecule has 0 saturated carbocycles. The predicted octanol–water partition coefficient (Wildman–Crippen LogP) is 4.86. The molecule has 146 valence electrons. The number of amidine groups is 1. The van der Waals surface area contributed by atoms with E-state index in [0.29, 0.717) is 33.5 Å². The van der Waals surface area contributed by atoms with E-state index in [1.165, 1.54) is 12.4 Å². The molecule has 0 spiro atoms. The molecule has 4 aromatic rings. The number of nitrogens with two attached hydrogens (primary N) is 1. The lowest BCUT2D eigenvalue weighted by molar-refractivity contribution is -0.133. The molecule has 0 aliphatic heterocycles. The second kappa shape index (κ2) is 7.17. The zero-order chi connectivity index (χ0) is 20.6. The van der Waals surface area contributed by atoms with Crippen LogP contribution in [0.2, 0.25) is 0 Å². The first-order chi connectivity index (χ1) is 13.8. The molecule has 0 radical (unpaired) electrons. The molecule has 9 heteroatoms. The first-order valence-corrected chi connectivity index (χ1v) is 9.23. The minimum Gasteiger partial charge on any atom is -0.383 e. The van der Waals surface area contributed by atoms with Crippen LogP contribution in [-0.4, -0.2) is 21.7 Å². The first-order valence-electron chi connectivity index (χ1n) is 8.42. The van der Waals surface area contributed by atoms with Gasteiger partial charge in [0.2, 0.25) is 0 Å². The van der Waals surface area contributed by atoms with Gasteiger partial charge in [0.15, 0.2) is 0 Å². The summed E-state index contributed by atoms with van der Waals surface area (Å²) < 4.78 is 40.5. The van der Waals surface area contributed by atoms with Gasteiger partial charge in [0.1, 0.15) is 10.7 Å². The van der Waals surface area contributed by atoms with Crippen LogP contribution in [0.1, 0.15) is 20.1 Å². The number of fused-ring (bicyclic) bond motifs is 1. The van der Waals surface area contributed by atoms with E-state index in [9.17, 15) is 18.0 Å². The van der Waals surface area contributed by atoms with Crippen molar-refractivity contribution in [2.24, 2.45) is 10.7 Å². The number of hydrogen-bond donors (Lipinski definition) is 2. The lowest BCUT2D eigenvalue weighted by Gasteiger charge is -2.07. The maximum Gasteiger partial charge on any atom is 0.426 e. The van der Waals surface area contributed by atoms with Crippen molar-refractivity contribution in [2.45, 2.75) is 6.18 Å². The highest BCUT2D eigenvalue weighted by atomic mass is 32.1. The van der Waals surface area contributed by atoms with Gasteiger partial charge in [-0.1, -0.05) is 36.4 Å². The van der Waals surface area contributed by atoms with Gasteiger partial charge in [0.25, 0.3) is 5.91 Å². The van der Waals surface area contributed by atoms with Gasteiger partial charge in [-0.3, -0.25) is 4.79 Å². The standard InChI is InChI=1S/C20H13F3N4OS/c21-20(22,23)17-13(11-5-2-1-3-6-11)9-15(29-17)19(28)27-18(24)12-7-4-8-14-16(12)26-10-25-14/h1-10H,(H,25,26)(H2,24,27,28). The molecule has 3 N–H and O–H groups in total. The molecule has 0 aliphatic carbocycles. The van der Waals surface area contributed by atoms with Crippen LogP contribution in [0.15, 0.2) is 65.9 Å². The van der Waals surface area contributed by atoms with E-state index < -0.39 is 17.0 Å². The van der Waals surface area contributed by atoms with Gasteiger partial charge in [-0.25, -0.2) is 4.98 Å². The van der Waals surface area contributed by atoms with Gasteiger partial charge >= 0.3 is 6.18 Å². The van der Waals surface area contributed by atoms with Crippen LogP contribution in [0, 0.1) is 0 Å². The van der Waals surface area contributed by atoms with Crippen molar-refractivity contribution in [3.63, 3.8) is 0 Å². The number of amides is 1. The molecule has 0 fully saturated rings. The van der Waals surface area contributed by atoms with Crippen molar-refractivity contribution in [3.8, 4) is 11.1 Å². The second-order valence-corrected chi connectivity index (χ2v) is 7.18. The van der Waals surface area contributed by atoms with Crippen LogP contribution < -0.4 is 5.73 Å². The Balaban J connectivity index is 1.75. The number of thiophene rings is 1. The van der Waals surface area contributed by atoms with E-state index >= 15 is 0 Å². The summed E-state index contributed by atoms with van der Waals surface area (Å²) in [4.78, 5) is 22.5. The molecule has 2 aromatic heterocycles. The van der Waals surface area contributed by atoms with Gasteiger partial charge < -0.3 is 10.7 Å². The van der Waals surface area contributed by atoms with Gasteiger partial charge in [0.05, 0.1) is 22.2 Å². The Morgan fingerprint density at radius 3 is 2.59 bits per heavy atom. The van der Waals surface area contributed by atoms with Crippen LogP contribution in [0.25, 0.3) is 22.2 Å². The monoisotopic (exact) mass is 414 g/mol. The van der Waals surface area contributed by atoms with E-state index in [1.807, 2.05) is 0 Å². The number of benzene rings is 2. The fourth-order valence-electron chi connectivity index (χ4n) is 2.94. The van der Waals surface area contributed by atoms with Crippen LogP contribution >= 0.6 is 11.3 Å². The molecule has 0 saturated heterocycles. The number of nitrogens with zero attached hydrogens (tertiary/aromatic N) is 2. The number of H-pyrrole nitrogens is 1. The average Bonchev–Trinajstić information content (AvgIpc) is 3.35. The third-order valence-electron chi connectivity index (χ3n) is 4.23. The maximum atomic E-state index is 13.5. The summed E-state index contributed by atoms with van der Waals surface area (Å²) in [7, 11) is 0. The number of hydrogen-bond acceptors (Lipinski definition) is 3. The van der Waals surface area contributed by atoms with E-state index in [2.05, 4.69) is 15.0 Å². The molecule has 0 atom stereocenters. The molecule has 0 bridgehead atoms. The third kappa shape index (κ3) is 3.64. The molecule has 5 nitrogen and oxygen atoms in total. The number of aromatic nitrogens is 2. The van der Waals surface area contributed by atoms with Crippen molar-refractivity contribution in [1.82, 2.24) is 9.97 Å². The number of aromatic amines is 1. The molecule has 2 heterocycles.